The number of para-hydroxylation sites is 2. The maximum atomic E-state index is 12.4. The van der Waals surface area contributed by atoms with Gasteiger partial charge in [-0.15, -0.1) is 0 Å². The Bertz CT molecular complexity index is 1000. The zero-order valence-corrected chi connectivity index (χ0v) is 17.6. The monoisotopic (exact) mass is 452 g/mol. The molecule has 5 nitrogen and oxygen atoms in total. The SMILES string of the molecule is CCOc1ccccc1C(=O)NN=Cc1ccccc1OCc1cccc(Br)c1. The van der Waals surface area contributed by atoms with Gasteiger partial charge in [0.15, 0.2) is 0 Å². The Labute approximate surface area is 178 Å². The molecule has 0 aromatic heterocycles. The van der Waals surface area contributed by atoms with Gasteiger partial charge in [-0.25, -0.2) is 5.43 Å². The van der Waals surface area contributed by atoms with Crippen LogP contribution in [0.15, 0.2) is 82.4 Å². The number of rotatable bonds is 8. The highest BCUT2D eigenvalue weighted by Gasteiger charge is 2.11. The number of nitrogens with zero attached hydrogens (tertiary/aromatic N) is 1. The molecular weight excluding hydrogens is 432 g/mol. The fourth-order valence-electron chi connectivity index (χ4n) is 2.66. The van der Waals surface area contributed by atoms with Crippen molar-refractivity contribution in [1.82, 2.24) is 5.43 Å². The summed E-state index contributed by atoms with van der Waals surface area (Å²) in [6.07, 6.45) is 1.57. The van der Waals surface area contributed by atoms with Gasteiger partial charge in [-0.3, -0.25) is 4.79 Å². The van der Waals surface area contributed by atoms with E-state index in [4.69, 9.17) is 9.47 Å². The summed E-state index contributed by atoms with van der Waals surface area (Å²) < 4.78 is 12.4. The Hall–Kier alpha value is -3.12. The van der Waals surface area contributed by atoms with E-state index in [0.29, 0.717) is 30.3 Å². The van der Waals surface area contributed by atoms with Crippen molar-refractivity contribution >= 4 is 28.1 Å². The van der Waals surface area contributed by atoms with Crippen molar-refractivity contribution in [2.24, 2.45) is 5.10 Å². The van der Waals surface area contributed by atoms with Crippen LogP contribution < -0.4 is 14.9 Å². The molecule has 1 N–H and O–H groups in total. The number of hydrogen-bond donors (Lipinski definition) is 1. The van der Waals surface area contributed by atoms with Gasteiger partial charge in [0, 0.05) is 10.0 Å². The van der Waals surface area contributed by atoms with Crippen LogP contribution >= 0.6 is 15.9 Å². The highest BCUT2D eigenvalue weighted by molar-refractivity contribution is 9.10. The van der Waals surface area contributed by atoms with Crippen molar-refractivity contribution in [3.05, 3.63) is 94.0 Å². The normalized spacial score (nSPS) is 10.7. The molecule has 0 bridgehead atoms. The van der Waals surface area contributed by atoms with E-state index in [9.17, 15) is 4.79 Å². The summed E-state index contributed by atoms with van der Waals surface area (Å²) in [5.74, 6) is 0.874. The lowest BCUT2D eigenvalue weighted by Gasteiger charge is -2.10. The first-order chi connectivity index (χ1) is 14.2. The van der Waals surface area contributed by atoms with Gasteiger partial charge in [0.2, 0.25) is 0 Å². The highest BCUT2D eigenvalue weighted by atomic mass is 79.9. The van der Waals surface area contributed by atoms with E-state index in [1.54, 1.807) is 24.4 Å². The molecule has 3 aromatic carbocycles. The Morgan fingerprint density at radius 2 is 1.76 bits per heavy atom. The molecular formula is C23H21BrN2O3. The standard InChI is InChI=1S/C23H21BrN2O3/c1-2-28-22-13-6-4-11-20(22)23(27)26-25-15-18-9-3-5-12-21(18)29-16-17-8-7-10-19(24)14-17/h3-15H,2,16H2,1H3,(H,26,27). The van der Waals surface area contributed by atoms with Crippen LogP contribution in [0.3, 0.4) is 0 Å². The van der Waals surface area contributed by atoms with Crippen LogP contribution in [0.1, 0.15) is 28.4 Å². The van der Waals surface area contributed by atoms with Crippen molar-refractivity contribution in [1.29, 1.82) is 0 Å². The molecule has 6 heteroatoms. The number of halogens is 1. The second-order valence-corrected chi connectivity index (χ2v) is 7.00. The topological polar surface area (TPSA) is 59.9 Å². The molecule has 1 amide bonds. The predicted molar refractivity (Wildman–Crippen MR) is 118 cm³/mol. The number of carbonyl (C=O) groups is 1. The first kappa shape index (κ1) is 20.6. The quantitative estimate of drug-likeness (QED) is 0.377. The summed E-state index contributed by atoms with van der Waals surface area (Å²) >= 11 is 3.46. The third-order valence-corrected chi connectivity index (χ3v) is 4.50. The molecule has 0 radical (unpaired) electrons. The minimum absolute atomic E-state index is 0.335. The average molecular weight is 453 g/mol. The lowest BCUT2D eigenvalue weighted by molar-refractivity contribution is 0.0951. The number of amides is 1. The Morgan fingerprint density at radius 3 is 2.55 bits per heavy atom. The summed E-state index contributed by atoms with van der Waals surface area (Å²) in [5.41, 5.74) is 4.79. The average Bonchev–Trinajstić information content (AvgIpc) is 2.74. The second kappa shape index (κ2) is 10.4. The molecule has 3 rings (SSSR count). The summed E-state index contributed by atoms with van der Waals surface area (Å²) in [6.45, 7) is 2.78. The number of hydrogen-bond acceptors (Lipinski definition) is 4. The maximum absolute atomic E-state index is 12.4. The van der Waals surface area contributed by atoms with Gasteiger partial charge in [0.25, 0.3) is 5.91 Å². The fraction of sp³-hybridized carbons (Fsp3) is 0.130. The van der Waals surface area contributed by atoms with E-state index in [1.165, 1.54) is 0 Å². The third kappa shape index (κ3) is 5.93. The second-order valence-electron chi connectivity index (χ2n) is 6.08. The summed E-state index contributed by atoms with van der Waals surface area (Å²) in [6, 6.07) is 22.5. The summed E-state index contributed by atoms with van der Waals surface area (Å²) in [7, 11) is 0. The molecule has 0 saturated heterocycles. The van der Waals surface area contributed by atoms with Gasteiger partial charge in [0.1, 0.15) is 18.1 Å². The van der Waals surface area contributed by atoms with Crippen LogP contribution in [0.4, 0.5) is 0 Å². The van der Waals surface area contributed by atoms with Gasteiger partial charge >= 0.3 is 0 Å². The molecule has 0 aliphatic heterocycles. The van der Waals surface area contributed by atoms with Crippen molar-refractivity contribution in [3.63, 3.8) is 0 Å². The van der Waals surface area contributed by atoms with Crippen LogP contribution in [0.25, 0.3) is 0 Å². The van der Waals surface area contributed by atoms with Crippen molar-refractivity contribution in [2.75, 3.05) is 6.61 Å². The van der Waals surface area contributed by atoms with Gasteiger partial charge in [-0.05, 0) is 48.9 Å². The molecule has 0 unspecified atom stereocenters. The summed E-state index contributed by atoms with van der Waals surface area (Å²) in [5, 5.41) is 4.08. The number of ether oxygens (including phenoxy) is 2. The van der Waals surface area contributed by atoms with E-state index in [0.717, 1.165) is 15.6 Å². The highest BCUT2D eigenvalue weighted by Crippen LogP contribution is 2.20. The van der Waals surface area contributed by atoms with E-state index in [1.807, 2.05) is 61.5 Å². The molecule has 3 aromatic rings. The molecule has 0 aliphatic carbocycles. The first-order valence-corrected chi connectivity index (χ1v) is 9.98. The summed E-state index contributed by atoms with van der Waals surface area (Å²) in [4.78, 5) is 12.4. The molecule has 148 valence electrons. The van der Waals surface area contributed by atoms with Gasteiger partial charge < -0.3 is 9.47 Å². The van der Waals surface area contributed by atoms with Crippen LogP contribution in [-0.2, 0) is 6.61 Å². The Balaban J connectivity index is 1.66. The minimum Gasteiger partial charge on any atom is -0.493 e. The van der Waals surface area contributed by atoms with Crippen molar-refractivity contribution in [2.45, 2.75) is 13.5 Å². The van der Waals surface area contributed by atoms with E-state index >= 15 is 0 Å². The lowest BCUT2D eigenvalue weighted by Crippen LogP contribution is -2.18. The maximum Gasteiger partial charge on any atom is 0.275 e. The Morgan fingerprint density at radius 1 is 1.00 bits per heavy atom. The third-order valence-electron chi connectivity index (χ3n) is 4.00. The molecule has 0 atom stereocenters. The molecule has 0 aliphatic rings. The molecule has 0 saturated carbocycles. The largest absolute Gasteiger partial charge is 0.493 e. The van der Waals surface area contributed by atoms with Crippen LogP contribution in [0.5, 0.6) is 11.5 Å². The molecule has 0 spiro atoms. The van der Waals surface area contributed by atoms with Gasteiger partial charge in [-0.2, -0.15) is 5.10 Å². The predicted octanol–water partition coefficient (Wildman–Crippen LogP) is 5.19. The smallest absolute Gasteiger partial charge is 0.275 e. The zero-order chi connectivity index (χ0) is 20.5. The van der Waals surface area contributed by atoms with E-state index in [2.05, 4.69) is 26.5 Å². The number of hydrazone groups is 1. The lowest BCUT2D eigenvalue weighted by atomic mass is 10.2. The van der Waals surface area contributed by atoms with Crippen LogP contribution in [-0.4, -0.2) is 18.7 Å². The van der Waals surface area contributed by atoms with E-state index < -0.39 is 0 Å². The van der Waals surface area contributed by atoms with Crippen LogP contribution in [0, 0.1) is 0 Å². The molecule has 29 heavy (non-hydrogen) atoms. The van der Waals surface area contributed by atoms with Crippen LogP contribution in [0.2, 0.25) is 0 Å². The van der Waals surface area contributed by atoms with Gasteiger partial charge in [0.05, 0.1) is 18.4 Å². The number of carbonyl (C=O) groups excluding carboxylic acids is 1. The number of nitrogens with one attached hydrogen (secondary N) is 1. The Kier molecular flexibility index (Phi) is 7.41. The minimum atomic E-state index is -0.335. The molecule has 0 fully saturated rings. The first-order valence-electron chi connectivity index (χ1n) is 9.19. The number of benzene rings is 3. The van der Waals surface area contributed by atoms with Gasteiger partial charge in [-0.1, -0.05) is 52.3 Å². The van der Waals surface area contributed by atoms with Crippen molar-refractivity contribution in [3.8, 4) is 11.5 Å². The van der Waals surface area contributed by atoms with E-state index in [-0.39, 0.29) is 5.91 Å². The molecule has 0 heterocycles. The van der Waals surface area contributed by atoms with Crippen molar-refractivity contribution < 1.29 is 14.3 Å². The fourth-order valence-corrected chi connectivity index (χ4v) is 3.11. The zero-order valence-electron chi connectivity index (χ0n) is 16.0.